The standard InChI is InChI=1S/C10H16N4/c1-10(2,7-12)3-4-14-6-9(5-11)13-8-14/h6,8H,3-5,11H2,1-2H3. The maximum atomic E-state index is 8.83. The summed E-state index contributed by atoms with van der Waals surface area (Å²) in [5.41, 5.74) is 6.06. The zero-order chi connectivity index (χ0) is 10.6. The van der Waals surface area contributed by atoms with Crippen LogP contribution in [0.15, 0.2) is 12.5 Å². The van der Waals surface area contributed by atoms with Gasteiger partial charge < -0.3 is 10.3 Å². The van der Waals surface area contributed by atoms with E-state index in [1.54, 1.807) is 6.33 Å². The Morgan fingerprint density at radius 3 is 2.86 bits per heavy atom. The molecule has 0 aromatic carbocycles. The van der Waals surface area contributed by atoms with E-state index < -0.39 is 0 Å². The van der Waals surface area contributed by atoms with Crippen LogP contribution in [0.3, 0.4) is 0 Å². The van der Waals surface area contributed by atoms with Crippen molar-refractivity contribution in [2.45, 2.75) is 33.4 Å². The van der Waals surface area contributed by atoms with Crippen LogP contribution in [0.4, 0.5) is 0 Å². The number of hydrogen-bond acceptors (Lipinski definition) is 3. The van der Waals surface area contributed by atoms with Gasteiger partial charge in [-0.25, -0.2) is 4.98 Å². The lowest BCUT2D eigenvalue weighted by molar-refractivity contribution is 0.413. The van der Waals surface area contributed by atoms with Crippen LogP contribution in [-0.2, 0) is 13.1 Å². The summed E-state index contributed by atoms with van der Waals surface area (Å²) in [6.07, 6.45) is 4.51. The molecule has 76 valence electrons. The van der Waals surface area contributed by atoms with Gasteiger partial charge in [0.15, 0.2) is 0 Å². The van der Waals surface area contributed by atoms with Gasteiger partial charge >= 0.3 is 0 Å². The Bertz CT molecular complexity index is 332. The minimum atomic E-state index is -0.271. The van der Waals surface area contributed by atoms with Gasteiger partial charge in [-0.3, -0.25) is 0 Å². The van der Waals surface area contributed by atoms with E-state index in [1.807, 2.05) is 24.6 Å². The molecule has 1 aromatic rings. The smallest absolute Gasteiger partial charge is 0.0949 e. The lowest BCUT2D eigenvalue weighted by atomic mass is 9.91. The molecule has 0 fully saturated rings. The molecule has 1 aromatic heterocycles. The van der Waals surface area contributed by atoms with Gasteiger partial charge in [0.25, 0.3) is 0 Å². The van der Waals surface area contributed by atoms with Crippen molar-refractivity contribution in [3.05, 3.63) is 18.2 Å². The number of aromatic nitrogens is 2. The van der Waals surface area contributed by atoms with Crippen LogP contribution >= 0.6 is 0 Å². The van der Waals surface area contributed by atoms with Crippen molar-refractivity contribution in [3.8, 4) is 6.07 Å². The lowest BCUT2D eigenvalue weighted by Gasteiger charge is -2.14. The topological polar surface area (TPSA) is 67.6 Å². The summed E-state index contributed by atoms with van der Waals surface area (Å²) in [6, 6.07) is 2.27. The van der Waals surface area contributed by atoms with Crippen LogP contribution in [0.2, 0.25) is 0 Å². The number of aryl methyl sites for hydroxylation is 1. The molecule has 0 aliphatic carbocycles. The van der Waals surface area contributed by atoms with E-state index in [4.69, 9.17) is 11.0 Å². The molecule has 0 aliphatic rings. The molecule has 0 aliphatic heterocycles. The van der Waals surface area contributed by atoms with Crippen molar-refractivity contribution in [2.75, 3.05) is 0 Å². The molecular formula is C10H16N4. The van der Waals surface area contributed by atoms with Crippen molar-refractivity contribution >= 4 is 0 Å². The third-order valence-corrected chi connectivity index (χ3v) is 2.19. The molecule has 0 saturated heterocycles. The first-order valence-corrected chi connectivity index (χ1v) is 4.69. The van der Waals surface area contributed by atoms with Crippen LogP contribution in [0.1, 0.15) is 26.0 Å². The number of nitrogens with zero attached hydrogens (tertiary/aromatic N) is 3. The largest absolute Gasteiger partial charge is 0.337 e. The quantitative estimate of drug-likeness (QED) is 0.781. The number of imidazole rings is 1. The summed E-state index contributed by atoms with van der Waals surface area (Å²) < 4.78 is 1.97. The minimum Gasteiger partial charge on any atom is -0.337 e. The molecule has 4 nitrogen and oxygen atoms in total. The van der Waals surface area contributed by atoms with E-state index in [1.165, 1.54) is 0 Å². The zero-order valence-corrected chi connectivity index (χ0v) is 8.70. The normalized spacial score (nSPS) is 11.3. The van der Waals surface area contributed by atoms with Crippen molar-refractivity contribution in [2.24, 2.45) is 11.1 Å². The fourth-order valence-corrected chi connectivity index (χ4v) is 1.10. The Morgan fingerprint density at radius 2 is 2.36 bits per heavy atom. The van der Waals surface area contributed by atoms with E-state index in [9.17, 15) is 0 Å². The van der Waals surface area contributed by atoms with E-state index >= 15 is 0 Å². The molecule has 0 unspecified atom stereocenters. The van der Waals surface area contributed by atoms with Crippen molar-refractivity contribution in [1.29, 1.82) is 5.26 Å². The monoisotopic (exact) mass is 192 g/mol. The van der Waals surface area contributed by atoms with Crippen LogP contribution in [0, 0.1) is 16.7 Å². The van der Waals surface area contributed by atoms with Gasteiger partial charge in [0.05, 0.1) is 23.5 Å². The summed E-state index contributed by atoms with van der Waals surface area (Å²) in [4.78, 5) is 4.12. The molecule has 0 radical (unpaired) electrons. The van der Waals surface area contributed by atoms with E-state index in [0.29, 0.717) is 6.54 Å². The summed E-state index contributed by atoms with van der Waals surface area (Å²) >= 11 is 0. The van der Waals surface area contributed by atoms with Gasteiger partial charge in [-0.2, -0.15) is 5.26 Å². The van der Waals surface area contributed by atoms with E-state index in [0.717, 1.165) is 18.7 Å². The third kappa shape index (κ3) is 2.86. The molecule has 1 heterocycles. The maximum Gasteiger partial charge on any atom is 0.0949 e. The fraction of sp³-hybridized carbons (Fsp3) is 0.600. The molecule has 4 heteroatoms. The van der Waals surface area contributed by atoms with Crippen molar-refractivity contribution in [3.63, 3.8) is 0 Å². The van der Waals surface area contributed by atoms with Crippen LogP contribution < -0.4 is 5.73 Å². The number of rotatable bonds is 4. The van der Waals surface area contributed by atoms with E-state index in [-0.39, 0.29) is 5.41 Å². The third-order valence-electron chi connectivity index (χ3n) is 2.19. The lowest BCUT2D eigenvalue weighted by Crippen LogP contribution is -2.11. The molecule has 2 N–H and O–H groups in total. The summed E-state index contributed by atoms with van der Waals surface area (Å²) in [5, 5.41) is 8.83. The van der Waals surface area contributed by atoms with Gasteiger partial charge in [0.1, 0.15) is 0 Å². The van der Waals surface area contributed by atoms with Gasteiger partial charge in [0.2, 0.25) is 0 Å². The summed E-state index contributed by atoms with van der Waals surface area (Å²) in [5.74, 6) is 0. The first-order chi connectivity index (χ1) is 6.57. The predicted octanol–water partition coefficient (Wildman–Crippen LogP) is 1.28. The first-order valence-electron chi connectivity index (χ1n) is 4.69. The van der Waals surface area contributed by atoms with Crippen molar-refractivity contribution in [1.82, 2.24) is 9.55 Å². The summed E-state index contributed by atoms with van der Waals surface area (Å²) in [6.45, 7) is 5.16. The Morgan fingerprint density at radius 1 is 1.64 bits per heavy atom. The second-order valence-corrected chi connectivity index (χ2v) is 4.05. The van der Waals surface area contributed by atoms with Gasteiger partial charge in [-0.15, -0.1) is 0 Å². The maximum absolute atomic E-state index is 8.83. The van der Waals surface area contributed by atoms with Gasteiger partial charge in [-0.05, 0) is 20.3 Å². The highest BCUT2D eigenvalue weighted by Gasteiger charge is 2.15. The number of nitrogens with two attached hydrogens (primary N) is 1. The number of nitriles is 1. The highest BCUT2D eigenvalue weighted by atomic mass is 15.0. The second kappa shape index (κ2) is 4.25. The fourth-order valence-electron chi connectivity index (χ4n) is 1.10. The minimum absolute atomic E-state index is 0.271. The highest BCUT2D eigenvalue weighted by Crippen LogP contribution is 2.19. The average Bonchev–Trinajstić information content (AvgIpc) is 2.63. The number of hydrogen-bond donors (Lipinski definition) is 1. The van der Waals surface area contributed by atoms with Crippen LogP contribution in [0.25, 0.3) is 0 Å². The first kappa shape index (κ1) is 10.7. The molecule has 0 amide bonds. The van der Waals surface area contributed by atoms with Gasteiger partial charge in [-0.1, -0.05) is 0 Å². The Balaban J connectivity index is 2.50. The second-order valence-electron chi connectivity index (χ2n) is 4.05. The van der Waals surface area contributed by atoms with Gasteiger partial charge in [0, 0.05) is 19.3 Å². The average molecular weight is 192 g/mol. The Kier molecular flexibility index (Phi) is 3.26. The molecule has 0 saturated carbocycles. The molecular weight excluding hydrogens is 176 g/mol. The molecule has 0 atom stereocenters. The molecule has 14 heavy (non-hydrogen) atoms. The van der Waals surface area contributed by atoms with Crippen molar-refractivity contribution < 1.29 is 0 Å². The van der Waals surface area contributed by atoms with Crippen LogP contribution in [-0.4, -0.2) is 9.55 Å². The highest BCUT2D eigenvalue weighted by molar-refractivity contribution is 4.96. The molecule has 0 bridgehead atoms. The molecule has 1 rings (SSSR count). The van der Waals surface area contributed by atoms with E-state index in [2.05, 4.69) is 11.1 Å². The van der Waals surface area contributed by atoms with Crippen LogP contribution in [0.5, 0.6) is 0 Å². The summed E-state index contributed by atoms with van der Waals surface area (Å²) in [7, 11) is 0. The predicted molar refractivity (Wildman–Crippen MR) is 54.1 cm³/mol. The zero-order valence-electron chi connectivity index (χ0n) is 8.70. The SMILES string of the molecule is CC(C)(C#N)CCn1cnc(CN)c1. The molecule has 0 spiro atoms. The Labute approximate surface area is 84.4 Å². The Hall–Kier alpha value is -1.34.